The molecule has 0 fully saturated rings. The van der Waals surface area contributed by atoms with E-state index in [4.69, 9.17) is 5.73 Å². The fourth-order valence-corrected chi connectivity index (χ4v) is 2.36. The van der Waals surface area contributed by atoms with E-state index < -0.39 is 0 Å². The number of benzene rings is 2. The normalized spacial score (nSPS) is 13.7. The minimum absolute atomic E-state index is 0.0581. The number of hydrogen-bond donors (Lipinski definition) is 2. The molecule has 2 rings (SSSR count). The standard InChI is InChI=1S/C19H24N2O/c1-13(2)16-10-7-11-17(12-16)21-19(22)14(3)18(20)15-8-5-4-6-9-15/h4-14,18H,20H2,1-3H3,(H,21,22). The molecule has 116 valence electrons. The quantitative estimate of drug-likeness (QED) is 0.873. The average molecular weight is 296 g/mol. The summed E-state index contributed by atoms with van der Waals surface area (Å²) in [6, 6.07) is 17.4. The second-order valence-corrected chi connectivity index (χ2v) is 5.99. The van der Waals surface area contributed by atoms with Crippen molar-refractivity contribution in [2.45, 2.75) is 32.7 Å². The highest BCUT2D eigenvalue weighted by Gasteiger charge is 2.22. The number of nitrogens with one attached hydrogen (secondary N) is 1. The van der Waals surface area contributed by atoms with Crippen LogP contribution in [0.3, 0.4) is 0 Å². The predicted octanol–water partition coefficient (Wildman–Crippen LogP) is 4.08. The molecule has 0 saturated heterocycles. The Hall–Kier alpha value is -2.13. The number of carbonyl (C=O) groups excluding carboxylic acids is 1. The zero-order valence-electron chi connectivity index (χ0n) is 13.4. The van der Waals surface area contributed by atoms with E-state index in [0.717, 1.165) is 11.3 Å². The van der Waals surface area contributed by atoms with E-state index in [0.29, 0.717) is 5.92 Å². The summed E-state index contributed by atoms with van der Waals surface area (Å²) in [6.07, 6.45) is 0. The monoisotopic (exact) mass is 296 g/mol. The molecule has 0 aliphatic rings. The summed E-state index contributed by atoms with van der Waals surface area (Å²) in [4.78, 5) is 12.4. The number of hydrogen-bond acceptors (Lipinski definition) is 2. The molecule has 3 N–H and O–H groups in total. The smallest absolute Gasteiger partial charge is 0.229 e. The second-order valence-electron chi connectivity index (χ2n) is 5.99. The van der Waals surface area contributed by atoms with Crippen molar-refractivity contribution < 1.29 is 4.79 Å². The summed E-state index contributed by atoms with van der Waals surface area (Å²) < 4.78 is 0. The van der Waals surface area contributed by atoms with Gasteiger partial charge in [0.15, 0.2) is 0 Å². The molecule has 1 amide bonds. The highest BCUT2D eigenvalue weighted by Crippen LogP contribution is 2.22. The molecule has 3 heteroatoms. The fourth-order valence-electron chi connectivity index (χ4n) is 2.36. The van der Waals surface area contributed by atoms with Crippen LogP contribution in [-0.4, -0.2) is 5.91 Å². The lowest BCUT2D eigenvalue weighted by Crippen LogP contribution is -2.30. The van der Waals surface area contributed by atoms with Crippen molar-refractivity contribution in [2.24, 2.45) is 11.7 Å². The van der Waals surface area contributed by atoms with Crippen LogP contribution in [0.2, 0.25) is 0 Å². The topological polar surface area (TPSA) is 55.1 Å². The third-order valence-electron chi connectivity index (χ3n) is 3.96. The first-order valence-electron chi connectivity index (χ1n) is 7.70. The van der Waals surface area contributed by atoms with Gasteiger partial charge in [-0.3, -0.25) is 4.79 Å². The largest absolute Gasteiger partial charge is 0.326 e. The van der Waals surface area contributed by atoms with Gasteiger partial charge in [-0.15, -0.1) is 0 Å². The summed E-state index contributed by atoms with van der Waals surface area (Å²) in [5.41, 5.74) is 9.21. The van der Waals surface area contributed by atoms with Gasteiger partial charge in [0.25, 0.3) is 0 Å². The van der Waals surface area contributed by atoms with Crippen molar-refractivity contribution in [1.82, 2.24) is 0 Å². The van der Waals surface area contributed by atoms with Crippen molar-refractivity contribution in [3.8, 4) is 0 Å². The minimum atomic E-state index is -0.311. The summed E-state index contributed by atoms with van der Waals surface area (Å²) in [5, 5.41) is 2.97. The number of carbonyl (C=O) groups is 1. The van der Waals surface area contributed by atoms with E-state index in [-0.39, 0.29) is 17.9 Å². The van der Waals surface area contributed by atoms with Gasteiger partial charge in [-0.25, -0.2) is 0 Å². The lowest BCUT2D eigenvalue weighted by Gasteiger charge is -2.20. The van der Waals surface area contributed by atoms with Crippen LogP contribution in [0.5, 0.6) is 0 Å². The SMILES string of the molecule is CC(C)c1cccc(NC(=O)C(C)C(N)c2ccccc2)c1. The van der Waals surface area contributed by atoms with Gasteiger partial charge in [0.1, 0.15) is 0 Å². The van der Waals surface area contributed by atoms with E-state index in [1.54, 1.807) is 0 Å². The Morgan fingerprint density at radius 1 is 0.955 bits per heavy atom. The van der Waals surface area contributed by atoms with E-state index in [9.17, 15) is 4.79 Å². The van der Waals surface area contributed by atoms with Gasteiger partial charge in [0, 0.05) is 11.7 Å². The van der Waals surface area contributed by atoms with E-state index in [1.165, 1.54) is 5.56 Å². The number of anilines is 1. The van der Waals surface area contributed by atoms with Crippen LogP contribution in [0.1, 0.15) is 43.9 Å². The first-order valence-corrected chi connectivity index (χ1v) is 7.70. The van der Waals surface area contributed by atoms with Gasteiger partial charge >= 0.3 is 0 Å². The minimum Gasteiger partial charge on any atom is -0.326 e. The highest BCUT2D eigenvalue weighted by atomic mass is 16.1. The third-order valence-corrected chi connectivity index (χ3v) is 3.96. The van der Waals surface area contributed by atoms with Gasteiger partial charge in [-0.1, -0.05) is 63.2 Å². The molecule has 2 atom stereocenters. The molecule has 0 saturated carbocycles. The molecule has 3 nitrogen and oxygen atoms in total. The third kappa shape index (κ3) is 3.95. The van der Waals surface area contributed by atoms with Crippen molar-refractivity contribution in [3.63, 3.8) is 0 Å². The zero-order chi connectivity index (χ0) is 16.1. The maximum Gasteiger partial charge on any atom is 0.229 e. The second kappa shape index (κ2) is 7.23. The molecule has 22 heavy (non-hydrogen) atoms. The molecule has 0 spiro atoms. The van der Waals surface area contributed by atoms with Crippen LogP contribution in [-0.2, 0) is 4.79 Å². The van der Waals surface area contributed by atoms with Gasteiger partial charge in [0.05, 0.1) is 5.92 Å². The van der Waals surface area contributed by atoms with Crippen LogP contribution in [0.25, 0.3) is 0 Å². The van der Waals surface area contributed by atoms with Crippen LogP contribution in [0.15, 0.2) is 54.6 Å². The number of rotatable bonds is 5. The molecular formula is C19H24N2O. The van der Waals surface area contributed by atoms with Crippen molar-refractivity contribution in [2.75, 3.05) is 5.32 Å². The molecule has 0 bridgehead atoms. The van der Waals surface area contributed by atoms with Gasteiger partial charge in [0.2, 0.25) is 5.91 Å². The summed E-state index contributed by atoms with van der Waals surface area (Å²) >= 11 is 0. The van der Waals surface area contributed by atoms with E-state index in [1.807, 2.05) is 55.5 Å². The Labute approximate surface area is 132 Å². The molecule has 0 aromatic heterocycles. The molecule has 2 aromatic carbocycles. The lowest BCUT2D eigenvalue weighted by molar-refractivity contribution is -0.120. The molecule has 0 aliphatic carbocycles. The highest BCUT2D eigenvalue weighted by molar-refractivity contribution is 5.93. The molecule has 0 aliphatic heterocycles. The predicted molar refractivity (Wildman–Crippen MR) is 91.7 cm³/mol. The van der Waals surface area contributed by atoms with E-state index >= 15 is 0 Å². The maximum atomic E-state index is 12.4. The van der Waals surface area contributed by atoms with Crippen LogP contribution >= 0.6 is 0 Å². The summed E-state index contributed by atoms with van der Waals surface area (Å²) in [7, 11) is 0. The Morgan fingerprint density at radius 2 is 1.59 bits per heavy atom. The van der Waals surface area contributed by atoms with E-state index in [2.05, 4.69) is 25.2 Å². The average Bonchev–Trinajstić information content (AvgIpc) is 2.54. The summed E-state index contributed by atoms with van der Waals surface area (Å²) in [6.45, 7) is 6.13. The molecule has 2 unspecified atom stereocenters. The van der Waals surface area contributed by atoms with Crippen LogP contribution < -0.4 is 11.1 Å². The molecular weight excluding hydrogens is 272 g/mol. The van der Waals surface area contributed by atoms with Gasteiger partial charge < -0.3 is 11.1 Å². The van der Waals surface area contributed by atoms with Crippen molar-refractivity contribution >= 4 is 11.6 Å². The maximum absolute atomic E-state index is 12.4. The Morgan fingerprint density at radius 3 is 2.23 bits per heavy atom. The Kier molecular flexibility index (Phi) is 5.34. The molecule has 0 heterocycles. The number of nitrogens with two attached hydrogens (primary N) is 1. The van der Waals surface area contributed by atoms with Gasteiger partial charge in [-0.05, 0) is 29.2 Å². The van der Waals surface area contributed by atoms with Crippen LogP contribution in [0.4, 0.5) is 5.69 Å². The Bertz CT molecular complexity index is 622. The van der Waals surface area contributed by atoms with Crippen molar-refractivity contribution in [1.29, 1.82) is 0 Å². The summed E-state index contributed by atoms with van der Waals surface area (Å²) in [5.74, 6) is 0.0724. The number of amides is 1. The lowest BCUT2D eigenvalue weighted by atomic mass is 9.94. The first kappa shape index (κ1) is 16.2. The van der Waals surface area contributed by atoms with Crippen molar-refractivity contribution in [3.05, 3.63) is 65.7 Å². The first-order chi connectivity index (χ1) is 10.5. The Balaban J connectivity index is 2.07. The fraction of sp³-hybridized carbons (Fsp3) is 0.316. The zero-order valence-corrected chi connectivity index (χ0v) is 13.4. The molecule has 0 radical (unpaired) electrons. The van der Waals surface area contributed by atoms with Crippen LogP contribution in [0, 0.1) is 5.92 Å². The van der Waals surface area contributed by atoms with Gasteiger partial charge in [-0.2, -0.15) is 0 Å². The molecule has 2 aromatic rings.